The average molecular weight is 487 g/mol. The van der Waals surface area contributed by atoms with Crippen LogP contribution < -0.4 is 10.6 Å². The Morgan fingerprint density at radius 2 is 1.82 bits per heavy atom. The third kappa shape index (κ3) is 7.05. The van der Waals surface area contributed by atoms with Crippen LogP contribution in [0.1, 0.15) is 35.8 Å². The molecule has 1 fully saturated rings. The standard InChI is InChI=1S/C24H30N4O5S/c1-4-33-24(31)28-14-12-18(13-15-28)25-23(30)20-6-5-7-21(26-20)27-22(29)16-17-8-10-19(11-9-17)34(2,3)32/h5-11,18H,2,4,12-16H2,1,3H3,(H,25,30)(H,26,27,29). The van der Waals surface area contributed by atoms with Crippen LogP contribution in [-0.2, 0) is 25.5 Å². The van der Waals surface area contributed by atoms with E-state index >= 15 is 0 Å². The van der Waals surface area contributed by atoms with Gasteiger partial charge in [-0.25, -0.2) is 9.78 Å². The van der Waals surface area contributed by atoms with Gasteiger partial charge >= 0.3 is 6.09 Å². The zero-order valence-electron chi connectivity index (χ0n) is 19.4. The van der Waals surface area contributed by atoms with E-state index in [4.69, 9.17) is 4.74 Å². The number of aromatic nitrogens is 1. The Balaban J connectivity index is 1.52. The second-order valence-electron chi connectivity index (χ2n) is 8.22. The molecule has 1 unspecified atom stereocenters. The summed E-state index contributed by atoms with van der Waals surface area (Å²) in [6, 6.07) is 11.7. The van der Waals surface area contributed by atoms with Gasteiger partial charge in [-0.05, 0) is 65.0 Å². The number of rotatable bonds is 7. The van der Waals surface area contributed by atoms with Crippen molar-refractivity contribution in [3.63, 3.8) is 0 Å². The van der Waals surface area contributed by atoms with Gasteiger partial charge in [-0.15, -0.1) is 0 Å². The summed E-state index contributed by atoms with van der Waals surface area (Å²) in [6.45, 7) is 3.12. The number of nitrogens with one attached hydrogen (secondary N) is 2. The summed E-state index contributed by atoms with van der Waals surface area (Å²) in [5.74, 6) is 3.31. The van der Waals surface area contributed by atoms with Gasteiger partial charge in [0.25, 0.3) is 5.91 Å². The van der Waals surface area contributed by atoms with E-state index in [-0.39, 0.29) is 41.9 Å². The van der Waals surface area contributed by atoms with Crippen LogP contribution in [-0.4, -0.2) is 69.9 Å². The first kappa shape index (κ1) is 25.2. The molecule has 1 saturated heterocycles. The quantitative estimate of drug-likeness (QED) is 0.580. The number of carbonyl (C=O) groups is 3. The van der Waals surface area contributed by atoms with Crippen molar-refractivity contribution in [3.8, 4) is 0 Å². The van der Waals surface area contributed by atoms with Crippen LogP contribution in [0.15, 0.2) is 47.4 Å². The predicted molar refractivity (Wildman–Crippen MR) is 132 cm³/mol. The van der Waals surface area contributed by atoms with Crippen molar-refractivity contribution in [2.75, 3.05) is 31.3 Å². The number of ether oxygens (including phenoxy) is 1. The van der Waals surface area contributed by atoms with Crippen LogP contribution in [0.2, 0.25) is 0 Å². The van der Waals surface area contributed by atoms with E-state index in [1.165, 1.54) is 0 Å². The molecular weight excluding hydrogens is 456 g/mol. The summed E-state index contributed by atoms with van der Waals surface area (Å²) >= 11 is 0. The van der Waals surface area contributed by atoms with Gasteiger partial charge in [0.15, 0.2) is 0 Å². The summed E-state index contributed by atoms with van der Waals surface area (Å²) in [5, 5.41) is 5.65. The van der Waals surface area contributed by atoms with Crippen LogP contribution in [0.4, 0.5) is 10.6 Å². The molecule has 0 aliphatic carbocycles. The summed E-state index contributed by atoms with van der Waals surface area (Å²) in [6.07, 6.45) is 2.59. The van der Waals surface area contributed by atoms with Crippen LogP contribution >= 0.6 is 0 Å². The molecule has 1 atom stereocenters. The molecular formula is C24H30N4O5S. The lowest BCUT2D eigenvalue weighted by molar-refractivity contribution is -0.115. The number of hydrogen-bond acceptors (Lipinski definition) is 6. The first-order chi connectivity index (χ1) is 16.2. The Labute approximate surface area is 199 Å². The fraction of sp³-hybridized carbons (Fsp3) is 0.375. The Morgan fingerprint density at radius 1 is 1.15 bits per heavy atom. The van der Waals surface area contributed by atoms with Crippen molar-refractivity contribution >= 4 is 39.1 Å². The maximum atomic E-state index is 12.7. The first-order valence-electron chi connectivity index (χ1n) is 11.1. The molecule has 2 heterocycles. The molecule has 0 spiro atoms. The zero-order valence-corrected chi connectivity index (χ0v) is 20.2. The zero-order chi connectivity index (χ0) is 24.7. The van der Waals surface area contributed by atoms with Crippen LogP contribution in [0.3, 0.4) is 0 Å². The van der Waals surface area contributed by atoms with E-state index in [1.807, 2.05) is 0 Å². The lowest BCUT2D eigenvalue weighted by Crippen LogP contribution is -2.46. The highest BCUT2D eigenvalue weighted by atomic mass is 32.2. The first-order valence-corrected chi connectivity index (χ1v) is 13.2. The minimum absolute atomic E-state index is 0.0719. The molecule has 0 saturated carbocycles. The Bertz CT molecular complexity index is 1140. The molecule has 1 aromatic heterocycles. The van der Waals surface area contributed by atoms with Crippen LogP contribution in [0.5, 0.6) is 0 Å². The van der Waals surface area contributed by atoms with Gasteiger partial charge in [0, 0.05) is 30.3 Å². The lowest BCUT2D eigenvalue weighted by atomic mass is 10.1. The number of likely N-dealkylation sites (tertiary alicyclic amines) is 1. The van der Waals surface area contributed by atoms with Gasteiger partial charge in [-0.3, -0.25) is 13.8 Å². The summed E-state index contributed by atoms with van der Waals surface area (Å²) in [7, 11) is -2.30. The molecule has 182 valence electrons. The van der Waals surface area contributed by atoms with Gasteiger partial charge in [-0.1, -0.05) is 18.2 Å². The van der Waals surface area contributed by atoms with Crippen molar-refractivity contribution in [2.45, 2.75) is 37.1 Å². The fourth-order valence-corrected chi connectivity index (χ4v) is 4.29. The molecule has 0 radical (unpaired) electrons. The maximum Gasteiger partial charge on any atom is 0.409 e. The van der Waals surface area contributed by atoms with Gasteiger partial charge in [0.05, 0.1) is 13.0 Å². The number of hydrogen-bond donors (Lipinski definition) is 2. The van der Waals surface area contributed by atoms with Gasteiger partial charge in [0.2, 0.25) is 5.91 Å². The number of benzene rings is 1. The minimum atomic E-state index is -2.30. The molecule has 2 aromatic rings. The van der Waals surface area contributed by atoms with Crippen molar-refractivity contribution in [1.29, 1.82) is 0 Å². The van der Waals surface area contributed by atoms with Gasteiger partial charge in [-0.2, -0.15) is 0 Å². The third-order valence-corrected chi connectivity index (χ3v) is 6.66. The minimum Gasteiger partial charge on any atom is -0.450 e. The highest BCUT2D eigenvalue weighted by molar-refractivity contribution is 7.99. The van der Waals surface area contributed by atoms with Crippen LogP contribution in [0, 0.1) is 0 Å². The molecule has 1 aliphatic rings. The number of carbonyl (C=O) groups excluding carboxylic acids is 3. The van der Waals surface area contributed by atoms with E-state index in [2.05, 4.69) is 21.5 Å². The van der Waals surface area contributed by atoms with E-state index in [0.717, 1.165) is 5.56 Å². The van der Waals surface area contributed by atoms with Gasteiger partial charge < -0.3 is 20.3 Å². The summed E-state index contributed by atoms with van der Waals surface area (Å²) in [4.78, 5) is 43.4. The molecule has 3 amide bonds. The Morgan fingerprint density at radius 3 is 2.44 bits per heavy atom. The smallest absolute Gasteiger partial charge is 0.409 e. The SMILES string of the molecule is C=S(C)(=O)c1ccc(CC(=O)Nc2cccc(C(=O)NC3CCN(C(=O)OCC)CC3)n2)cc1. The van der Waals surface area contributed by atoms with Crippen molar-refractivity contribution in [2.24, 2.45) is 0 Å². The van der Waals surface area contributed by atoms with Crippen molar-refractivity contribution in [1.82, 2.24) is 15.2 Å². The maximum absolute atomic E-state index is 12.7. The molecule has 9 nitrogen and oxygen atoms in total. The van der Waals surface area contributed by atoms with E-state index < -0.39 is 9.52 Å². The summed E-state index contributed by atoms with van der Waals surface area (Å²) in [5.41, 5.74) is 0.955. The van der Waals surface area contributed by atoms with E-state index in [9.17, 15) is 18.6 Å². The normalized spacial score (nSPS) is 15.8. The van der Waals surface area contributed by atoms with Crippen molar-refractivity contribution < 1.29 is 23.3 Å². The molecule has 3 rings (SSSR count). The van der Waals surface area contributed by atoms with Crippen molar-refractivity contribution in [3.05, 3.63) is 53.7 Å². The van der Waals surface area contributed by atoms with Crippen LogP contribution in [0.25, 0.3) is 0 Å². The lowest BCUT2D eigenvalue weighted by Gasteiger charge is -2.31. The van der Waals surface area contributed by atoms with E-state index in [1.54, 1.807) is 60.5 Å². The number of nitrogens with zero attached hydrogens (tertiary/aromatic N) is 2. The molecule has 2 N–H and O–H groups in total. The molecule has 0 bridgehead atoms. The Hall–Kier alpha value is -3.40. The largest absolute Gasteiger partial charge is 0.450 e. The average Bonchev–Trinajstić information content (AvgIpc) is 2.79. The number of piperidine rings is 1. The monoisotopic (exact) mass is 486 g/mol. The number of amides is 3. The Kier molecular flexibility index (Phi) is 8.27. The topological polar surface area (TPSA) is 118 Å². The fourth-order valence-electron chi connectivity index (χ4n) is 3.58. The molecule has 1 aliphatic heterocycles. The molecule has 1 aromatic carbocycles. The molecule has 10 heteroatoms. The van der Waals surface area contributed by atoms with E-state index in [0.29, 0.717) is 37.4 Å². The second-order valence-corrected chi connectivity index (χ2v) is 10.7. The van der Waals surface area contributed by atoms with Gasteiger partial charge in [0.1, 0.15) is 11.5 Å². The highest BCUT2D eigenvalue weighted by Gasteiger charge is 2.25. The second kappa shape index (κ2) is 11.1. The molecule has 34 heavy (non-hydrogen) atoms. The number of pyridine rings is 1. The third-order valence-electron chi connectivity index (χ3n) is 5.39. The summed E-state index contributed by atoms with van der Waals surface area (Å²) < 4.78 is 17.0. The number of anilines is 1. The predicted octanol–water partition coefficient (Wildman–Crippen LogP) is 2.32. The highest BCUT2D eigenvalue weighted by Crippen LogP contribution is 2.14.